The molecule has 2 nitrogen and oxygen atoms in total. The Morgan fingerprint density at radius 2 is 1.76 bits per heavy atom. The van der Waals surface area contributed by atoms with Crippen LogP contribution in [0.25, 0.3) is 32.8 Å². The lowest BCUT2D eigenvalue weighted by atomic mass is 9.88. The first-order valence-electron chi connectivity index (χ1n) is 10.9. The number of benzene rings is 3. The van der Waals surface area contributed by atoms with Crippen LogP contribution in [0.1, 0.15) is 42.7 Å². The third-order valence-corrected chi connectivity index (χ3v) is 7.23. The number of pyridine rings is 1. The first-order valence-corrected chi connectivity index (χ1v) is 10.9. The van der Waals surface area contributed by atoms with Gasteiger partial charge in [0.1, 0.15) is 12.7 Å². The molecular formula is C27H27N2+. The topological polar surface area (TPSA) is 7.12 Å². The third kappa shape index (κ3) is 2.32. The van der Waals surface area contributed by atoms with E-state index in [9.17, 15) is 0 Å². The quantitative estimate of drug-likeness (QED) is 0.341. The predicted molar refractivity (Wildman–Crippen MR) is 122 cm³/mol. The Morgan fingerprint density at radius 1 is 0.966 bits per heavy atom. The highest BCUT2D eigenvalue weighted by Crippen LogP contribution is 2.49. The van der Waals surface area contributed by atoms with E-state index in [1.54, 1.807) is 0 Å². The van der Waals surface area contributed by atoms with Crippen LogP contribution in [-0.2, 0) is 7.05 Å². The largest absolute Gasteiger partial charge is 0.338 e. The number of hydrogen-bond donors (Lipinski definition) is 0. The van der Waals surface area contributed by atoms with E-state index in [0.29, 0.717) is 0 Å². The predicted octanol–water partition coefficient (Wildman–Crippen LogP) is 6.53. The lowest BCUT2D eigenvalue weighted by Gasteiger charge is -2.30. The van der Waals surface area contributed by atoms with E-state index in [4.69, 9.17) is 0 Å². The van der Waals surface area contributed by atoms with Crippen LogP contribution < -0.4 is 9.47 Å². The van der Waals surface area contributed by atoms with E-state index in [0.717, 1.165) is 5.92 Å². The average molecular weight is 380 g/mol. The maximum atomic E-state index is 2.49. The monoisotopic (exact) mass is 379 g/mol. The Balaban J connectivity index is 1.73. The van der Waals surface area contributed by atoms with Crippen LogP contribution in [0.5, 0.6) is 0 Å². The smallest absolute Gasteiger partial charge is 0.237 e. The lowest BCUT2D eigenvalue weighted by Crippen LogP contribution is -2.34. The molecule has 1 saturated carbocycles. The molecule has 29 heavy (non-hydrogen) atoms. The van der Waals surface area contributed by atoms with Gasteiger partial charge in [0.2, 0.25) is 5.69 Å². The summed E-state index contributed by atoms with van der Waals surface area (Å²) in [6.07, 6.45) is 7.74. The van der Waals surface area contributed by atoms with Crippen LogP contribution in [0.4, 0.5) is 11.4 Å². The van der Waals surface area contributed by atoms with Crippen LogP contribution in [0.2, 0.25) is 0 Å². The number of hydrogen-bond acceptors (Lipinski definition) is 1. The van der Waals surface area contributed by atoms with Crippen LogP contribution in [-0.4, -0.2) is 7.05 Å². The zero-order valence-electron chi connectivity index (χ0n) is 17.5. The summed E-state index contributed by atoms with van der Waals surface area (Å²) in [4.78, 5) is 2.42. The number of aromatic nitrogens is 1. The van der Waals surface area contributed by atoms with Crippen molar-refractivity contribution in [3.8, 4) is 11.3 Å². The van der Waals surface area contributed by atoms with Gasteiger partial charge in [-0.25, -0.2) is 0 Å². The fourth-order valence-electron chi connectivity index (χ4n) is 5.78. The van der Waals surface area contributed by atoms with Crippen molar-refractivity contribution in [1.82, 2.24) is 0 Å². The summed E-state index contributed by atoms with van der Waals surface area (Å²) in [5.41, 5.74) is 8.26. The molecule has 2 heteroatoms. The van der Waals surface area contributed by atoms with Gasteiger partial charge in [-0.3, -0.25) is 0 Å². The number of fused-ring (bicyclic) bond motifs is 4. The van der Waals surface area contributed by atoms with Crippen molar-refractivity contribution < 1.29 is 4.57 Å². The molecule has 2 aliphatic rings. The first kappa shape index (κ1) is 17.0. The molecule has 1 aliphatic heterocycles. The molecule has 2 heterocycles. The molecule has 0 saturated heterocycles. The standard InChI is InChI=1S/C27H27N2/c1-17-11-12-19-9-6-10-23-25(19)24(17)27-26(29(23)3)22-15-20(18-7-4-5-8-18)13-14-21(22)16-28(27)2/h6,9-16,18H,4-5,7-8H2,1-3H3/q+1. The summed E-state index contributed by atoms with van der Waals surface area (Å²) in [6, 6.07) is 18.4. The Morgan fingerprint density at radius 3 is 2.59 bits per heavy atom. The van der Waals surface area contributed by atoms with Gasteiger partial charge < -0.3 is 4.90 Å². The zero-order valence-corrected chi connectivity index (χ0v) is 17.5. The molecule has 0 amide bonds. The molecule has 0 radical (unpaired) electrons. The van der Waals surface area contributed by atoms with Crippen molar-refractivity contribution in [3.05, 3.63) is 65.9 Å². The second kappa shape index (κ2) is 6.06. The second-order valence-corrected chi connectivity index (χ2v) is 8.96. The maximum Gasteiger partial charge on any atom is 0.237 e. The molecule has 144 valence electrons. The summed E-state index contributed by atoms with van der Waals surface area (Å²) in [7, 11) is 4.43. The number of anilines is 2. The number of nitrogens with zero attached hydrogens (tertiary/aromatic N) is 2. The normalized spacial score (nSPS) is 16.0. The molecule has 1 fully saturated rings. The Kier molecular flexibility index (Phi) is 3.56. The molecule has 1 aromatic heterocycles. The maximum absolute atomic E-state index is 2.49. The zero-order chi connectivity index (χ0) is 19.7. The van der Waals surface area contributed by atoms with Gasteiger partial charge in [-0.1, -0.05) is 43.2 Å². The van der Waals surface area contributed by atoms with Crippen molar-refractivity contribution >= 4 is 32.9 Å². The van der Waals surface area contributed by atoms with Crippen molar-refractivity contribution in [2.24, 2.45) is 7.05 Å². The summed E-state index contributed by atoms with van der Waals surface area (Å²) in [6.45, 7) is 2.25. The molecular weight excluding hydrogens is 352 g/mol. The molecule has 0 N–H and O–H groups in total. The van der Waals surface area contributed by atoms with Gasteiger partial charge in [-0.05, 0) is 60.4 Å². The minimum Gasteiger partial charge on any atom is -0.338 e. The van der Waals surface area contributed by atoms with Crippen molar-refractivity contribution in [3.63, 3.8) is 0 Å². The summed E-state index contributed by atoms with van der Waals surface area (Å²) >= 11 is 0. The van der Waals surface area contributed by atoms with Gasteiger partial charge >= 0.3 is 0 Å². The van der Waals surface area contributed by atoms with E-state index in [2.05, 4.69) is 85.2 Å². The van der Waals surface area contributed by atoms with E-state index in [-0.39, 0.29) is 0 Å². The molecule has 0 unspecified atom stereocenters. The van der Waals surface area contributed by atoms with Crippen molar-refractivity contribution in [2.45, 2.75) is 38.5 Å². The average Bonchev–Trinajstić information content (AvgIpc) is 3.27. The first-order chi connectivity index (χ1) is 14.1. The SMILES string of the molecule is Cc1ccc2cccc3c2c1-c1c(c2cc(C4CCCC4)ccc2c[n+]1C)N3C. The van der Waals surface area contributed by atoms with E-state index >= 15 is 0 Å². The number of rotatable bonds is 1. The fourth-order valence-corrected chi connectivity index (χ4v) is 5.78. The van der Waals surface area contributed by atoms with E-state index < -0.39 is 0 Å². The molecule has 6 rings (SSSR count). The Labute approximate surface area is 172 Å². The van der Waals surface area contributed by atoms with Crippen molar-refractivity contribution in [1.29, 1.82) is 0 Å². The Hall–Kier alpha value is -2.87. The molecule has 0 bridgehead atoms. The van der Waals surface area contributed by atoms with Crippen LogP contribution in [0, 0.1) is 6.92 Å². The fraction of sp³-hybridized carbons (Fsp3) is 0.296. The van der Waals surface area contributed by atoms with Crippen LogP contribution in [0.15, 0.2) is 54.7 Å². The van der Waals surface area contributed by atoms with Crippen LogP contribution in [0.3, 0.4) is 0 Å². The van der Waals surface area contributed by atoms with Gasteiger partial charge in [0, 0.05) is 28.9 Å². The Bertz CT molecular complexity index is 1300. The van der Waals surface area contributed by atoms with Gasteiger partial charge in [0.25, 0.3) is 0 Å². The molecule has 0 atom stereocenters. The highest BCUT2D eigenvalue weighted by Gasteiger charge is 2.32. The molecule has 3 aromatic carbocycles. The lowest BCUT2D eigenvalue weighted by molar-refractivity contribution is -0.658. The minimum absolute atomic E-state index is 0.732. The summed E-state index contributed by atoms with van der Waals surface area (Å²) in [5, 5.41) is 5.41. The minimum atomic E-state index is 0.732. The molecule has 1 aliphatic carbocycles. The van der Waals surface area contributed by atoms with Gasteiger partial charge in [-0.2, -0.15) is 4.57 Å². The van der Waals surface area contributed by atoms with Crippen LogP contribution >= 0.6 is 0 Å². The van der Waals surface area contributed by atoms with E-state index in [1.807, 2.05) is 0 Å². The molecule has 0 spiro atoms. The highest BCUT2D eigenvalue weighted by molar-refractivity contribution is 6.15. The summed E-state index contributed by atoms with van der Waals surface area (Å²) in [5.74, 6) is 0.732. The summed E-state index contributed by atoms with van der Waals surface area (Å²) < 4.78 is 2.33. The second-order valence-electron chi connectivity index (χ2n) is 8.96. The third-order valence-electron chi connectivity index (χ3n) is 7.23. The van der Waals surface area contributed by atoms with Crippen molar-refractivity contribution in [2.75, 3.05) is 11.9 Å². The van der Waals surface area contributed by atoms with Gasteiger partial charge in [0.15, 0.2) is 6.20 Å². The van der Waals surface area contributed by atoms with Gasteiger partial charge in [-0.15, -0.1) is 0 Å². The highest BCUT2D eigenvalue weighted by atomic mass is 15.1. The molecule has 4 aromatic rings. The van der Waals surface area contributed by atoms with E-state index in [1.165, 1.54) is 81.0 Å². The number of aryl methyl sites for hydroxylation is 2. The van der Waals surface area contributed by atoms with Gasteiger partial charge in [0.05, 0.1) is 5.56 Å².